The minimum Gasteiger partial charge on any atom is -0.387 e. The Morgan fingerprint density at radius 2 is 1.90 bits per heavy atom. The summed E-state index contributed by atoms with van der Waals surface area (Å²) in [4.78, 5) is 15.2. The Hall–Kier alpha value is -1.90. The molecule has 5 heteroatoms. The van der Waals surface area contributed by atoms with E-state index in [1.807, 2.05) is 4.90 Å². The number of nitriles is 1. The lowest BCUT2D eigenvalue weighted by molar-refractivity contribution is -0.130. The summed E-state index contributed by atoms with van der Waals surface area (Å²) in [6, 6.07) is 9.06. The van der Waals surface area contributed by atoms with Crippen molar-refractivity contribution in [2.45, 2.75) is 13.0 Å². The van der Waals surface area contributed by atoms with Crippen LogP contribution in [0.5, 0.6) is 0 Å². The number of piperazine rings is 1. The number of carbonyl (C=O) groups excluding carboxylic acids is 1. The Kier molecular flexibility index (Phi) is 4.72. The zero-order valence-corrected chi connectivity index (χ0v) is 11.6. The minimum atomic E-state index is -0.563. The molecule has 20 heavy (non-hydrogen) atoms. The first-order valence-electron chi connectivity index (χ1n) is 6.76. The predicted molar refractivity (Wildman–Crippen MR) is 74.8 cm³/mol. The zero-order chi connectivity index (χ0) is 14.5. The first-order valence-corrected chi connectivity index (χ1v) is 6.76. The molecule has 106 valence electrons. The fourth-order valence-corrected chi connectivity index (χ4v) is 2.38. The summed E-state index contributed by atoms with van der Waals surface area (Å²) < 4.78 is 0. The molecule has 1 aromatic carbocycles. The van der Waals surface area contributed by atoms with Crippen molar-refractivity contribution in [2.24, 2.45) is 0 Å². The molecule has 0 spiro atoms. The van der Waals surface area contributed by atoms with E-state index in [-0.39, 0.29) is 5.91 Å². The second kappa shape index (κ2) is 6.51. The van der Waals surface area contributed by atoms with Gasteiger partial charge < -0.3 is 10.0 Å². The highest BCUT2D eigenvalue weighted by Crippen LogP contribution is 2.16. The number of amides is 1. The van der Waals surface area contributed by atoms with Crippen LogP contribution in [0, 0.1) is 11.3 Å². The summed E-state index contributed by atoms with van der Waals surface area (Å²) in [6.45, 7) is 5.14. The van der Waals surface area contributed by atoms with Gasteiger partial charge in [0, 0.05) is 39.6 Å². The van der Waals surface area contributed by atoms with Gasteiger partial charge in [0.05, 0.1) is 17.7 Å². The second-order valence-corrected chi connectivity index (χ2v) is 5.06. The van der Waals surface area contributed by atoms with E-state index in [9.17, 15) is 9.90 Å². The predicted octanol–water partition coefficient (Wildman–Crippen LogP) is 0.756. The average molecular weight is 273 g/mol. The van der Waals surface area contributed by atoms with E-state index >= 15 is 0 Å². The molecule has 1 unspecified atom stereocenters. The Morgan fingerprint density at radius 1 is 1.30 bits per heavy atom. The van der Waals surface area contributed by atoms with Gasteiger partial charge in [-0.2, -0.15) is 5.26 Å². The molecule has 0 saturated carbocycles. The molecule has 1 atom stereocenters. The van der Waals surface area contributed by atoms with Crippen molar-refractivity contribution in [3.05, 3.63) is 35.4 Å². The minimum absolute atomic E-state index is 0.109. The molecule has 1 amide bonds. The number of aliphatic hydroxyl groups excluding tert-OH is 1. The summed E-state index contributed by atoms with van der Waals surface area (Å²) >= 11 is 0. The zero-order valence-electron chi connectivity index (χ0n) is 11.6. The van der Waals surface area contributed by atoms with E-state index in [1.165, 1.54) is 0 Å². The third kappa shape index (κ3) is 3.56. The normalized spacial score (nSPS) is 17.6. The Morgan fingerprint density at radius 3 is 2.40 bits per heavy atom. The Labute approximate surface area is 119 Å². The van der Waals surface area contributed by atoms with E-state index in [2.05, 4.69) is 11.0 Å². The number of β-amino-alcohol motifs (C(OH)–C–C–N with tert-alkyl or cyclic N) is 1. The monoisotopic (exact) mass is 273 g/mol. The first-order chi connectivity index (χ1) is 9.60. The second-order valence-electron chi connectivity index (χ2n) is 5.06. The lowest BCUT2D eigenvalue weighted by Gasteiger charge is -2.35. The molecule has 5 nitrogen and oxygen atoms in total. The van der Waals surface area contributed by atoms with E-state index in [0.717, 1.165) is 31.7 Å². The lowest BCUT2D eigenvalue weighted by Crippen LogP contribution is -2.48. The number of nitrogens with zero attached hydrogens (tertiary/aromatic N) is 3. The van der Waals surface area contributed by atoms with E-state index < -0.39 is 6.10 Å². The van der Waals surface area contributed by atoms with Gasteiger partial charge in [-0.25, -0.2) is 0 Å². The maximum absolute atomic E-state index is 11.2. The quantitative estimate of drug-likeness (QED) is 0.882. The van der Waals surface area contributed by atoms with Crippen molar-refractivity contribution in [1.29, 1.82) is 5.26 Å². The van der Waals surface area contributed by atoms with Crippen LogP contribution in [0.4, 0.5) is 0 Å². The van der Waals surface area contributed by atoms with Crippen LogP contribution >= 0.6 is 0 Å². The lowest BCUT2D eigenvalue weighted by atomic mass is 10.1. The van der Waals surface area contributed by atoms with Crippen molar-refractivity contribution >= 4 is 5.91 Å². The SMILES string of the molecule is CC(=O)N1CCN(CC(O)c2ccc(C#N)cc2)CC1. The van der Waals surface area contributed by atoms with Crippen LogP contribution in [0.1, 0.15) is 24.2 Å². The Bertz CT molecular complexity index is 499. The van der Waals surface area contributed by atoms with Gasteiger partial charge in [-0.3, -0.25) is 9.69 Å². The molecule has 0 radical (unpaired) electrons. The van der Waals surface area contributed by atoms with Crippen molar-refractivity contribution < 1.29 is 9.90 Å². The van der Waals surface area contributed by atoms with Crippen LogP contribution < -0.4 is 0 Å². The number of carbonyl (C=O) groups is 1. The summed E-state index contributed by atoms with van der Waals surface area (Å²) in [5.41, 5.74) is 1.41. The van der Waals surface area contributed by atoms with Crippen LogP contribution in [0.2, 0.25) is 0 Å². The van der Waals surface area contributed by atoms with Gasteiger partial charge in [0.25, 0.3) is 0 Å². The third-order valence-corrected chi connectivity index (χ3v) is 3.67. The molecule has 1 aromatic rings. The number of hydrogen-bond donors (Lipinski definition) is 1. The molecule has 1 saturated heterocycles. The molecule has 1 aliphatic rings. The maximum atomic E-state index is 11.2. The first kappa shape index (κ1) is 14.5. The summed E-state index contributed by atoms with van der Waals surface area (Å²) in [5.74, 6) is 0.109. The van der Waals surface area contributed by atoms with Gasteiger partial charge in [-0.1, -0.05) is 12.1 Å². The molecule has 1 aliphatic heterocycles. The van der Waals surface area contributed by atoms with Crippen LogP contribution in [0.25, 0.3) is 0 Å². The van der Waals surface area contributed by atoms with Crippen molar-refractivity contribution in [3.8, 4) is 6.07 Å². The summed E-state index contributed by atoms with van der Waals surface area (Å²) in [7, 11) is 0. The molecule has 1 fully saturated rings. The number of aliphatic hydroxyl groups is 1. The smallest absolute Gasteiger partial charge is 0.219 e. The molecular weight excluding hydrogens is 254 g/mol. The van der Waals surface area contributed by atoms with E-state index in [0.29, 0.717) is 12.1 Å². The van der Waals surface area contributed by atoms with Gasteiger partial charge in [-0.15, -0.1) is 0 Å². The third-order valence-electron chi connectivity index (χ3n) is 3.67. The van der Waals surface area contributed by atoms with Gasteiger partial charge in [0.1, 0.15) is 0 Å². The maximum Gasteiger partial charge on any atom is 0.219 e. The summed E-state index contributed by atoms with van der Waals surface area (Å²) in [5, 5.41) is 19.0. The van der Waals surface area contributed by atoms with Crippen LogP contribution in [-0.4, -0.2) is 53.5 Å². The van der Waals surface area contributed by atoms with Crippen LogP contribution in [-0.2, 0) is 4.79 Å². The number of benzene rings is 1. The van der Waals surface area contributed by atoms with Crippen LogP contribution in [0.15, 0.2) is 24.3 Å². The van der Waals surface area contributed by atoms with Gasteiger partial charge in [-0.05, 0) is 17.7 Å². The van der Waals surface area contributed by atoms with E-state index in [4.69, 9.17) is 5.26 Å². The fraction of sp³-hybridized carbons (Fsp3) is 0.467. The van der Waals surface area contributed by atoms with Crippen molar-refractivity contribution in [1.82, 2.24) is 9.80 Å². The summed E-state index contributed by atoms with van der Waals surface area (Å²) in [6.07, 6.45) is -0.563. The number of rotatable bonds is 3. The molecule has 1 heterocycles. The molecule has 2 rings (SSSR count). The van der Waals surface area contributed by atoms with Crippen molar-refractivity contribution in [3.63, 3.8) is 0 Å². The van der Waals surface area contributed by atoms with Gasteiger partial charge >= 0.3 is 0 Å². The molecule has 0 aromatic heterocycles. The topological polar surface area (TPSA) is 67.6 Å². The molecule has 1 N–H and O–H groups in total. The molecule has 0 aliphatic carbocycles. The highest BCUT2D eigenvalue weighted by Gasteiger charge is 2.20. The molecular formula is C15H19N3O2. The molecule has 0 bridgehead atoms. The van der Waals surface area contributed by atoms with E-state index in [1.54, 1.807) is 31.2 Å². The standard InChI is InChI=1S/C15H19N3O2/c1-12(19)18-8-6-17(7-9-18)11-15(20)14-4-2-13(10-16)3-5-14/h2-5,15,20H,6-9,11H2,1H3. The van der Waals surface area contributed by atoms with Crippen LogP contribution in [0.3, 0.4) is 0 Å². The average Bonchev–Trinajstić information content (AvgIpc) is 2.48. The van der Waals surface area contributed by atoms with Gasteiger partial charge in [0.2, 0.25) is 5.91 Å². The van der Waals surface area contributed by atoms with Crippen molar-refractivity contribution in [2.75, 3.05) is 32.7 Å². The van der Waals surface area contributed by atoms with Gasteiger partial charge in [0.15, 0.2) is 0 Å². The number of hydrogen-bond acceptors (Lipinski definition) is 4. The Balaban J connectivity index is 1.87. The highest BCUT2D eigenvalue weighted by atomic mass is 16.3. The fourth-order valence-electron chi connectivity index (χ4n) is 2.38. The largest absolute Gasteiger partial charge is 0.387 e. The highest BCUT2D eigenvalue weighted by molar-refractivity contribution is 5.73.